The van der Waals surface area contributed by atoms with E-state index in [1.165, 1.54) is 29.6 Å². The molecule has 0 bridgehead atoms. The number of piperazine rings is 1. The number of aromatic nitrogens is 1. The maximum absolute atomic E-state index is 13.6. The van der Waals surface area contributed by atoms with E-state index in [0.717, 1.165) is 17.8 Å². The van der Waals surface area contributed by atoms with Crippen molar-refractivity contribution in [2.75, 3.05) is 31.6 Å². The average Bonchev–Trinajstić information content (AvgIpc) is 2.79. The molecule has 34 heavy (non-hydrogen) atoms. The van der Waals surface area contributed by atoms with Crippen molar-refractivity contribution < 1.29 is 31.1 Å². The second-order valence-corrected chi connectivity index (χ2v) is 10.5. The summed E-state index contributed by atoms with van der Waals surface area (Å²) in [6, 6.07) is 6.55. The number of carbonyl (C=O) groups excluding carboxylic acids is 1. The molecule has 11 heteroatoms. The van der Waals surface area contributed by atoms with Crippen LogP contribution < -0.4 is 4.90 Å². The fourth-order valence-corrected chi connectivity index (χ4v) is 5.74. The van der Waals surface area contributed by atoms with Crippen LogP contribution in [0.25, 0.3) is 0 Å². The monoisotopic (exact) mass is 499 g/mol. The molecule has 0 spiro atoms. The summed E-state index contributed by atoms with van der Waals surface area (Å²) in [7, 11) is -2.61. The fraction of sp³-hybridized carbons (Fsp3) is 0.478. The summed E-state index contributed by atoms with van der Waals surface area (Å²) in [4.78, 5) is 17.6. The SMILES string of the molecule is COC(=O)Cc1cc(S(=O)(=O)N2CCN(c3ccc(C(F)(F)F)cn3)CC2C(C)C)ccc1C. The van der Waals surface area contributed by atoms with E-state index < -0.39 is 33.8 Å². The first-order valence-corrected chi connectivity index (χ1v) is 12.2. The smallest absolute Gasteiger partial charge is 0.417 e. The third-order valence-electron chi connectivity index (χ3n) is 6.03. The van der Waals surface area contributed by atoms with Gasteiger partial charge in [0.2, 0.25) is 10.0 Å². The van der Waals surface area contributed by atoms with E-state index in [1.54, 1.807) is 17.9 Å². The first-order valence-electron chi connectivity index (χ1n) is 10.8. The van der Waals surface area contributed by atoms with Crippen LogP contribution in [0.4, 0.5) is 19.0 Å². The van der Waals surface area contributed by atoms with Gasteiger partial charge in [0.05, 0.1) is 24.0 Å². The highest BCUT2D eigenvalue weighted by atomic mass is 32.2. The van der Waals surface area contributed by atoms with Gasteiger partial charge in [-0.2, -0.15) is 17.5 Å². The molecule has 1 saturated heterocycles. The van der Waals surface area contributed by atoms with Gasteiger partial charge in [-0.1, -0.05) is 19.9 Å². The summed E-state index contributed by atoms with van der Waals surface area (Å²) in [6.45, 7) is 6.30. The maximum Gasteiger partial charge on any atom is 0.417 e. The number of hydrogen-bond acceptors (Lipinski definition) is 6. The Hall–Kier alpha value is -2.66. The lowest BCUT2D eigenvalue weighted by atomic mass is 10.0. The van der Waals surface area contributed by atoms with E-state index in [1.807, 2.05) is 13.8 Å². The Morgan fingerprint density at radius 2 is 1.91 bits per heavy atom. The van der Waals surface area contributed by atoms with Crippen LogP contribution in [0.15, 0.2) is 41.4 Å². The lowest BCUT2D eigenvalue weighted by Gasteiger charge is -2.43. The van der Waals surface area contributed by atoms with Gasteiger partial charge in [0.15, 0.2) is 0 Å². The second kappa shape index (κ2) is 9.91. The predicted molar refractivity (Wildman–Crippen MR) is 121 cm³/mol. The molecule has 2 aromatic rings. The number of ether oxygens (including phenoxy) is 1. The van der Waals surface area contributed by atoms with Crippen LogP contribution in [0.3, 0.4) is 0 Å². The van der Waals surface area contributed by atoms with Gasteiger partial charge in [0, 0.05) is 31.9 Å². The van der Waals surface area contributed by atoms with Crippen LogP contribution >= 0.6 is 0 Å². The van der Waals surface area contributed by atoms with E-state index in [9.17, 15) is 26.4 Å². The second-order valence-electron chi connectivity index (χ2n) is 8.62. The normalized spacial score (nSPS) is 17.8. The molecule has 1 atom stereocenters. The van der Waals surface area contributed by atoms with Crippen molar-refractivity contribution in [2.45, 2.75) is 44.3 Å². The first kappa shape index (κ1) is 26.0. The quantitative estimate of drug-likeness (QED) is 0.565. The van der Waals surface area contributed by atoms with Gasteiger partial charge in [-0.25, -0.2) is 13.4 Å². The van der Waals surface area contributed by atoms with Gasteiger partial charge < -0.3 is 9.64 Å². The van der Waals surface area contributed by atoms with Gasteiger partial charge in [0.1, 0.15) is 5.82 Å². The molecule has 186 valence electrons. The summed E-state index contributed by atoms with van der Waals surface area (Å²) in [6.07, 6.45) is -3.72. The summed E-state index contributed by atoms with van der Waals surface area (Å²) < 4.78 is 71.9. The number of alkyl halides is 3. The first-order chi connectivity index (χ1) is 15.8. The van der Waals surface area contributed by atoms with Crippen LogP contribution in [-0.2, 0) is 32.2 Å². The van der Waals surface area contributed by atoms with Crippen molar-refractivity contribution in [1.29, 1.82) is 0 Å². The molecule has 3 rings (SSSR count). The highest BCUT2D eigenvalue weighted by Crippen LogP contribution is 2.31. The number of pyridine rings is 1. The molecule has 7 nitrogen and oxygen atoms in total. The third kappa shape index (κ3) is 5.52. The topological polar surface area (TPSA) is 79.8 Å². The van der Waals surface area contributed by atoms with Gasteiger partial charge in [-0.3, -0.25) is 4.79 Å². The van der Waals surface area contributed by atoms with E-state index >= 15 is 0 Å². The number of rotatable bonds is 6. The summed E-state index contributed by atoms with van der Waals surface area (Å²) in [5.41, 5.74) is 0.518. The van der Waals surface area contributed by atoms with Crippen molar-refractivity contribution in [3.63, 3.8) is 0 Å². The lowest BCUT2D eigenvalue weighted by molar-refractivity contribution is -0.140. The molecule has 1 aromatic heterocycles. The highest BCUT2D eigenvalue weighted by molar-refractivity contribution is 7.89. The van der Waals surface area contributed by atoms with Crippen molar-refractivity contribution >= 4 is 21.8 Å². The summed E-state index contributed by atoms with van der Waals surface area (Å²) in [5, 5.41) is 0. The molecule has 0 saturated carbocycles. The summed E-state index contributed by atoms with van der Waals surface area (Å²) >= 11 is 0. The van der Waals surface area contributed by atoms with Crippen LogP contribution in [0, 0.1) is 12.8 Å². The molecule has 1 aliphatic heterocycles. The zero-order valence-corrected chi connectivity index (χ0v) is 20.3. The molecule has 1 unspecified atom stereocenters. The fourth-order valence-electron chi connectivity index (χ4n) is 3.95. The van der Waals surface area contributed by atoms with E-state index in [0.29, 0.717) is 11.4 Å². The molecule has 0 aliphatic carbocycles. The van der Waals surface area contributed by atoms with Crippen molar-refractivity contribution in [3.8, 4) is 0 Å². The number of methoxy groups -OCH3 is 1. The standard InChI is InChI=1S/C23H28F3N3O4S/c1-15(2)20-14-28(21-8-6-18(13-27-21)23(24,25)26)9-10-29(20)34(31,32)19-7-5-16(3)17(11-19)12-22(30)33-4/h5-8,11,13,15,20H,9-10,12,14H2,1-4H3. The van der Waals surface area contributed by atoms with Crippen molar-refractivity contribution in [1.82, 2.24) is 9.29 Å². The Bertz CT molecular complexity index is 1140. The zero-order chi connectivity index (χ0) is 25.3. The minimum Gasteiger partial charge on any atom is -0.469 e. The van der Waals surface area contributed by atoms with Crippen LogP contribution in [0.5, 0.6) is 0 Å². The summed E-state index contributed by atoms with van der Waals surface area (Å²) in [5.74, 6) is -0.159. The molecule has 0 radical (unpaired) electrons. The molecule has 0 amide bonds. The molecule has 1 aliphatic rings. The van der Waals surface area contributed by atoms with Gasteiger partial charge in [-0.05, 0) is 48.2 Å². The number of esters is 1. The van der Waals surface area contributed by atoms with E-state index in [-0.39, 0.29) is 36.9 Å². The largest absolute Gasteiger partial charge is 0.469 e. The molecular formula is C23H28F3N3O4S. The molecular weight excluding hydrogens is 471 g/mol. The minimum atomic E-state index is -4.47. The molecule has 2 heterocycles. The number of halogens is 3. The van der Waals surface area contributed by atoms with Gasteiger partial charge in [0.25, 0.3) is 0 Å². The van der Waals surface area contributed by atoms with Gasteiger partial charge in [-0.15, -0.1) is 0 Å². The Labute approximate surface area is 197 Å². The van der Waals surface area contributed by atoms with Crippen LogP contribution in [0.1, 0.15) is 30.5 Å². The Balaban J connectivity index is 1.86. The van der Waals surface area contributed by atoms with Crippen LogP contribution in [-0.4, -0.2) is 56.5 Å². The molecule has 0 N–H and O–H groups in total. The number of anilines is 1. The number of aryl methyl sites for hydroxylation is 1. The maximum atomic E-state index is 13.6. The number of sulfonamides is 1. The highest BCUT2D eigenvalue weighted by Gasteiger charge is 2.38. The van der Waals surface area contributed by atoms with Crippen molar-refractivity contribution in [3.05, 3.63) is 53.2 Å². The lowest BCUT2D eigenvalue weighted by Crippen LogP contribution is -2.57. The zero-order valence-electron chi connectivity index (χ0n) is 19.5. The number of carbonyl (C=O) groups is 1. The van der Waals surface area contributed by atoms with Crippen molar-refractivity contribution in [2.24, 2.45) is 5.92 Å². The minimum absolute atomic E-state index is 0.0350. The Morgan fingerprint density at radius 1 is 1.21 bits per heavy atom. The third-order valence-corrected chi connectivity index (χ3v) is 7.95. The predicted octanol–water partition coefficient (Wildman–Crippen LogP) is 3.66. The number of hydrogen-bond donors (Lipinski definition) is 0. The van der Waals surface area contributed by atoms with Gasteiger partial charge >= 0.3 is 12.1 Å². The Kier molecular flexibility index (Phi) is 7.56. The van der Waals surface area contributed by atoms with Crippen LogP contribution in [0.2, 0.25) is 0 Å². The molecule has 1 fully saturated rings. The van der Waals surface area contributed by atoms with E-state index in [4.69, 9.17) is 4.74 Å². The Morgan fingerprint density at radius 3 is 2.47 bits per heavy atom. The number of benzene rings is 1. The average molecular weight is 500 g/mol. The number of nitrogens with zero attached hydrogens (tertiary/aromatic N) is 3. The van der Waals surface area contributed by atoms with E-state index in [2.05, 4.69) is 4.98 Å². The molecule has 1 aromatic carbocycles.